The number of sulfonamides is 1. The molecule has 2 N–H and O–H groups in total. The van der Waals surface area contributed by atoms with Crippen molar-refractivity contribution in [1.82, 2.24) is 9.62 Å². The van der Waals surface area contributed by atoms with E-state index in [0.29, 0.717) is 39.3 Å². The van der Waals surface area contributed by atoms with Crippen LogP contribution < -0.4 is 15.4 Å². The van der Waals surface area contributed by atoms with E-state index in [-0.39, 0.29) is 15.6 Å². The fourth-order valence-corrected chi connectivity index (χ4v) is 4.61. The predicted octanol–water partition coefficient (Wildman–Crippen LogP) is 2.73. The van der Waals surface area contributed by atoms with Crippen molar-refractivity contribution in [2.45, 2.75) is 11.3 Å². The van der Waals surface area contributed by atoms with Crippen LogP contribution in [-0.4, -0.2) is 58.7 Å². The van der Waals surface area contributed by atoms with Gasteiger partial charge in [-0.2, -0.15) is 4.31 Å². The van der Waals surface area contributed by atoms with Crippen LogP contribution in [0.5, 0.6) is 5.75 Å². The van der Waals surface area contributed by atoms with E-state index in [0.717, 1.165) is 11.3 Å². The number of carbonyl (C=O) groups is 1. The fourth-order valence-electron chi connectivity index (χ4n) is 3.01. The van der Waals surface area contributed by atoms with Gasteiger partial charge in [-0.15, -0.1) is 0 Å². The second kappa shape index (κ2) is 10.1. The van der Waals surface area contributed by atoms with Gasteiger partial charge >= 0.3 is 6.03 Å². The van der Waals surface area contributed by atoms with Gasteiger partial charge in [0, 0.05) is 19.6 Å². The summed E-state index contributed by atoms with van der Waals surface area (Å²) in [5.74, 6) is 0.752. The number of hydrogen-bond acceptors (Lipinski definition) is 5. The SMILES string of the molecule is COc1cccc(CCNC(=O)Nc2cc(S(=O)(=O)N3CCOCC3)ccc2Cl)c1. The van der Waals surface area contributed by atoms with Crippen molar-refractivity contribution >= 4 is 33.3 Å². The van der Waals surface area contributed by atoms with Crippen LogP contribution in [0, 0.1) is 0 Å². The molecule has 0 radical (unpaired) electrons. The van der Waals surface area contributed by atoms with Gasteiger partial charge in [-0.3, -0.25) is 0 Å². The first-order chi connectivity index (χ1) is 14.4. The Morgan fingerprint density at radius 1 is 1.20 bits per heavy atom. The third kappa shape index (κ3) is 5.63. The molecular weight excluding hydrogens is 430 g/mol. The van der Waals surface area contributed by atoms with E-state index in [1.165, 1.54) is 22.5 Å². The average Bonchev–Trinajstić information content (AvgIpc) is 2.76. The first-order valence-corrected chi connectivity index (χ1v) is 11.3. The molecule has 1 aliphatic rings. The number of nitrogens with one attached hydrogen (secondary N) is 2. The summed E-state index contributed by atoms with van der Waals surface area (Å²) in [5, 5.41) is 5.61. The molecule has 0 spiro atoms. The number of ether oxygens (including phenoxy) is 2. The number of methoxy groups -OCH3 is 1. The Morgan fingerprint density at radius 3 is 2.70 bits per heavy atom. The largest absolute Gasteiger partial charge is 0.497 e. The lowest BCUT2D eigenvalue weighted by atomic mass is 10.1. The Hall–Kier alpha value is -2.33. The smallest absolute Gasteiger partial charge is 0.319 e. The van der Waals surface area contributed by atoms with Crippen molar-refractivity contribution in [3.8, 4) is 5.75 Å². The Balaban J connectivity index is 1.61. The zero-order chi connectivity index (χ0) is 21.6. The highest BCUT2D eigenvalue weighted by atomic mass is 35.5. The van der Waals surface area contributed by atoms with Crippen molar-refractivity contribution in [2.24, 2.45) is 0 Å². The molecule has 1 saturated heterocycles. The number of benzene rings is 2. The minimum atomic E-state index is -3.69. The zero-order valence-electron chi connectivity index (χ0n) is 16.6. The van der Waals surface area contributed by atoms with Gasteiger partial charge in [0.1, 0.15) is 5.75 Å². The number of nitrogens with zero attached hydrogens (tertiary/aromatic N) is 1. The van der Waals surface area contributed by atoms with Crippen LogP contribution in [0.3, 0.4) is 0 Å². The summed E-state index contributed by atoms with van der Waals surface area (Å²) < 4.78 is 37.4. The molecule has 3 rings (SSSR count). The van der Waals surface area contributed by atoms with E-state index in [1.54, 1.807) is 7.11 Å². The minimum absolute atomic E-state index is 0.0699. The van der Waals surface area contributed by atoms with Gasteiger partial charge in [-0.25, -0.2) is 13.2 Å². The van der Waals surface area contributed by atoms with Crippen LogP contribution in [0.25, 0.3) is 0 Å². The standard InChI is InChI=1S/C20H24ClN3O5S/c1-28-16-4-2-3-15(13-16)7-8-22-20(25)23-19-14-17(5-6-18(19)21)30(26,27)24-9-11-29-12-10-24/h2-6,13-14H,7-12H2,1H3,(H2,22,23,25). The lowest BCUT2D eigenvalue weighted by Crippen LogP contribution is -2.40. The third-order valence-electron chi connectivity index (χ3n) is 4.63. The number of halogens is 1. The van der Waals surface area contributed by atoms with Crippen LogP contribution in [0.15, 0.2) is 47.4 Å². The number of rotatable bonds is 7. The highest BCUT2D eigenvalue weighted by Crippen LogP contribution is 2.27. The first-order valence-electron chi connectivity index (χ1n) is 9.45. The highest BCUT2D eigenvalue weighted by molar-refractivity contribution is 7.89. The number of carbonyl (C=O) groups excluding carboxylic acids is 1. The maximum absolute atomic E-state index is 12.8. The fraction of sp³-hybridized carbons (Fsp3) is 0.350. The van der Waals surface area contributed by atoms with Crippen molar-refractivity contribution in [2.75, 3.05) is 45.3 Å². The average molecular weight is 454 g/mol. The molecule has 2 aromatic carbocycles. The molecule has 0 bridgehead atoms. The van der Waals surface area contributed by atoms with Gasteiger partial charge in [0.2, 0.25) is 10.0 Å². The Labute approximate surface area is 181 Å². The maximum atomic E-state index is 12.8. The van der Waals surface area contributed by atoms with Gasteiger partial charge in [0.05, 0.1) is 35.9 Å². The zero-order valence-corrected chi connectivity index (χ0v) is 18.1. The molecule has 0 saturated carbocycles. The summed E-state index contributed by atoms with van der Waals surface area (Å²) in [6.45, 7) is 1.68. The third-order valence-corrected chi connectivity index (χ3v) is 6.85. The summed E-state index contributed by atoms with van der Waals surface area (Å²) in [6, 6.07) is 11.4. The van der Waals surface area contributed by atoms with Gasteiger partial charge in [0.15, 0.2) is 0 Å². The summed E-state index contributed by atoms with van der Waals surface area (Å²) in [5.41, 5.74) is 1.25. The van der Waals surface area contributed by atoms with E-state index in [9.17, 15) is 13.2 Å². The molecule has 2 amide bonds. The topological polar surface area (TPSA) is 97.0 Å². The Bertz CT molecular complexity index is 994. The molecule has 162 valence electrons. The summed E-state index contributed by atoms with van der Waals surface area (Å²) in [4.78, 5) is 12.3. The second-order valence-electron chi connectivity index (χ2n) is 6.64. The van der Waals surface area contributed by atoms with Crippen LogP contribution >= 0.6 is 11.6 Å². The molecule has 1 fully saturated rings. The molecule has 8 nitrogen and oxygen atoms in total. The number of hydrogen-bond donors (Lipinski definition) is 2. The van der Waals surface area contributed by atoms with E-state index in [2.05, 4.69) is 10.6 Å². The molecule has 1 heterocycles. The summed E-state index contributed by atoms with van der Waals surface area (Å²) >= 11 is 6.15. The molecule has 0 atom stereocenters. The van der Waals surface area contributed by atoms with E-state index in [4.69, 9.17) is 21.1 Å². The molecule has 0 aromatic heterocycles. The second-order valence-corrected chi connectivity index (χ2v) is 8.99. The van der Waals surface area contributed by atoms with E-state index >= 15 is 0 Å². The number of amides is 2. The normalized spacial score (nSPS) is 14.9. The monoisotopic (exact) mass is 453 g/mol. The van der Waals surface area contributed by atoms with E-state index in [1.807, 2.05) is 24.3 Å². The maximum Gasteiger partial charge on any atom is 0.319 e. The molecule has 1 aliphatic heterocycles. The predicted molar refractivity (Wildman–Crippen MR) is 115 cm³/mol. The lowest BCUT2D eigenvalue weighted by molar-refractivity contribution is 0.0730. The lowest BCUT2D eigenvalue weighted by Gasteiger charge is -2.26. The van der Waals surface area contributed by atoms with Gasteiger partial charge in [-0.1, -0.05) is 23.7 Å². The summed E-state index contributed by atoms with van der Waals surface area (Å²) in [7, 11) is -2.09. The molecule has 2 aromatic rings. The Morgan fingerprint density at radius 2 is 1.97 bits per heavy atom. The van der Waals surface area contributed by atoms with Gasteiger partial charge < -0.3 is 20.1 Å². The Kier molecular flexibility index (Phi) is 7.54. The number of urea groups is 1. The van der Waals surface area contributed by atoms with Crippen LogP contribution in [0.1, 0.15) is 5.56 Å². The van der Waals surface area contributed by atoms with Crippen LogP contribution in [-0.2, 0) is 21.2 Å². The molecule has 30 heavy (non-hydrogen) atoms. The molecular formula is C20H24ClN3O5S. The minimum Gasteiger partial charge on any atom is -0.497 e. The van der Waals surface area contributed by atoms with Gasteiger partial charge in [0.25, 0.3) is 0 Å². The van der Waals surface area contributed by atoms with Crippen molar-refractivity contribution in [3.63, 3.8) is 0 Å². The summed E-state index contributed by atoms with van der Waals surface area (Å²) in [6.07, 6.45) is 0.615. The number of morpholine rings is 1. The number of anilines is 1. The van der Waals surface area contributed by atoms with E-state index < -0.39 is 16.1 Å². The van der Waals surface area contributed by atoms with Crippen LogP contribution in [0.4, 0.5) is 10.5 Å². The highest BCUT2D eigenvalue weighted by Gasteiger charge is 2.27. The van der Waals surface area contributed by atoms with Crippen molar-refractivity contribution < 1.29 is 22.7 Å². The molecule has 0 aliphatic carbocycles. The van der Waals surface area contributed by atoms with Crippen molar-refractivity contribution in [1.29, 1.82) is 0 Å². The quantitative estimate of drug-likeness (QED) is 0.671. The van der Waals surface area contributed by atoms with Crippen molar-refractivity contribution in [3.05, 3.63) is 53.1 Å². The molecule has 10 heteroatoms. The first kappa shape index (κ1) is 22.4. The van der Waals surface area contributed by atoms with Gasteiger partial charge in [-0.05, 0) is 42.3 Å². The van der Waals surface area contributed by atoms with Crippen LogP contribution in [0.2, 0.25) is 5.02 Å². The molecule has 0 unspecified atom stereocenters.